The van der Waals surface area contributed by atoms with Crippen LogP contribution >= 0.6 is 0 Å². The Morgan fingerprint density at radius 3 is 2.47 bits per heavy atom. The van der Waals surface area contributed by atoms with E-state index in [1.54, 1.807) is 34.1 Å². The Labute approximate surface area is 173 Å². The minimum Gasteiger partial charge on any atom is -0.450 e. The molecular weight excluding hydrogens is 380 g/mol. The molecule has 3 heterocycles. The average Bonchev–Trinajstić information content (AvgIpc) is 3.16. The molecule has 0 radical (unpaired) electrons. The number of rotatable bonds is 4. The Bertz CT molecular complexity index is 1260. The first kappa shape index (κ1) is 18.6. The smallest absolute Gasteiger partial charge is 0.291 e. The van der Waals surface area contributed by atoms with Gasteiger partial charge >= 0.3 is 0 Å². The quantitative estimate of drug-likeness (QED) is 0.668. The molecule has 0 saturated carbocycles. The van der Waals surface area contributed by atoms with E-state index in [1.807, 2.05) is 38.1 Å². The topological polar surface area (TPSA) is 70.8 Å². The van der Waals surface area contributed by atoms with Crippen molar-refractivity contribution in [1.29, 1.82) is 0 Å². The standard InChI is InChI=1S/C24H22N2O4/c1-3-5-14-26-22(28)21-19(20(27)15-10-6-9-13-18(15)30-21)24(26)16-11-7-8-12-17(16)25(4-2)23(24)29/h6-13H,3-5,14H2,1-2H3/t24-/m0/s1. The summed E-state index contributed by atoms with van der Waals surface area (Å²) in [6.45, 7) is 4.74. The lowest BCUT2D eigenvalue weighted by atomic mass is 9.84. The third kappa shape index (κ3) is 2.11. The second-order valence-electron chi connectivity index (χ2n) is 7.72. The number of hydrogen-bond donors (Lipinski definition) is 0. The lowest BCUT2D eigenvalue weighted by molar-refractivity contribution is -0.126. The lowest BCUT2D eigenvalue weighted by Gasteiger charge is -2.34. The van der Waals surface area contributed by atoms with E-state index in [0.29, 0.717) is 29.6 Å². The molecular formula is C24H22N2O4. The Hall–Kier alpha value is -3.41. The van der Waals surface area contributed by atoms with E-state index in [1.165, 1.54) is 0 Å². The average molecular weight is 402 g/mol. The van der Waals surface area contributed by atoms with Crippen molar-refractivity contribution >= 4 is 28.5 Å². The van der Waals surface area contributed by atoms with Crippen molar-refractivity contribution in [2.45, 2.75) is 32.2 Å². The number of carbonyl (C=O) groups excluding carboxylic acids is 2. The number of fused-ring (bicyclic) bond motifs is 5. The molecule has 1 atom stereocenters. The summed E-state index contributed by atoms with van der Waals surface area (Å²) in [6.07, 6.45) is 1.57. The molecule has 0 aliphatic carbocycles. The maximum absolute atomic E-state index is 13.9. The number of hydrogen-bond acceptors (Lipinski definition) is 4. The summed E-state index contributed by atoms with van der Waals surface area (Å²) < 4.78 is 5.96. The fourth-order valence-electron chi connectivity index (χ4n) is 4.87. The van der Waals surface area contributed by atoms with Crippen LogP contribution in [0.4, 0.5) is 5.69 Å². The highest BCUT2D eigenvalue weighted by Gasteiger charge is 2.64. The maximum Gasteiger partial charge on any atom is 0.291 e. The zero-order valence-corrected chi connectivity index (χ0v) is 17.0. The normalized spacial score (nSPS) is 19.8. The molecule has 0 bridgehead atoms. The van der Waals surface area contributed by atoms with Crippen molar-refractivity contribution in [3.63, 3.8) is 0 Å². The van der Waals surface area contributed by atoms with Gasteiger partial charge in [0.25, 0.3) is 11.8 Å². The Morgan fingerprint density at radius 2 is 1.70 bits per heavy atom. The maximum atomic E-state index is 13.9. The van der Waals surface area contributed by atoms with Crippen LogP contribution < -0.4 is 10.3 Å². The van der Waals surface area contributed by atoms with E-state index in [4.69, 9.17) is 4.42 Å². The molecule has 2 aliphatic heterocycles. The Kier molecular flexibility index (Phi) is 4.07. The van der Waals surface area contributed by atoms with E-state index >= 15 is 0 Å². The number of para-hydroxylation sites is 2. The lowest BCUT2D eigenvalue weighted by Crippen LogP contribution is -2.53. The highest BCUT2D eigenvalue weighted by atomic mass is 16.3. The molecule has 0 fully saturated rings. The van der Waals surface area contributed by atoms with Gasteiger partial charge in [0.15, 0.2) is 11.0 Å². The molecule has 2 amide bonds. The van der Waals surface area contributed by atoms with Gasteiger partial charge in [-0.2, -0.15) is 0 Å². The van der Waals surface area contributed by atoms with Gasteiger partial charge < -0.3 is 14.2 Å². The van der Waals surface area contributed by atoms with Gasteiger partial charge in [0.1, 0.15) is 5.58 Å². The number of benzene rings is 2. The van der Waals surface area contributed by atoms with Crippen LogP contribution in [0.5, 0.6) is 0 Å². The molecule has 1 aromatic heterocycles. The molecule has 5 rings (SSSR count). The van der Waals surface area contributed by atoms with Crippen molar-refractivity contribution in [1.82, 2.24) is 4.90 Å². The van der Waals surface area contributed by atoms with Gasteiger partial charge in [-0.15, -0.1) is 0 Å². The van der Waals surface area contributed by atoms with Gasteiger partial charge in [-0.25, -0.2) is 0 Å². The van der Waals surface area contributed by atoms with Gasteiger partial charge in [-0.05, 0) is 31.5 Å². The number of unbranched alkanes of at least 4 members (excludes halogenated alkanes) is 1. The summed E-state index contributed by atoms with van der Waals surface area (Å²) in [5.41, 5.74) is 0.116. The first-order valence-electron chi connectivity index (χ1n) is 10.4. The summed E-state index contributed by atoms with van der Waals surface area (Å²) >= 11 is 0. The van der Waals surface area contributed by atoms with Gasteiger partial charge in [0.2, 0.25) is 5.76 Å². The molecule has 2 aliphatic rings. The number of likely N-dealkylation sites (N-methyl/N-ethyl adjacent to an activating group) is 1. The third-order valence-electron chi connectivity index (χ3n) is 6.19. The predicted octanol–water partition coefficient (Wildman–Crippen LogP) is 3.66. The highest BCUT2D eigenvalue weighted by Crippen LogP contribution is 2.52. The molecule has 152 valence electrons. The molecule has 0 unspecified atom stereocenters. The van der Waals surface area contributed by atoms with Gasteiger partial charge in [0, 0.05) is 18.7 Å². The van der Waals surface area contributed by atoms with E-state index in [9.17, 15) is 14.4 Å². The van der Waals surface area contributed by atoms with Crippen LogP contribution in [0.1, 0.15) is 48.4 Å². The van der Waals surface area contributed by atoms with Crippen LogP contribution in [0.2, 0.25) is 0 Å². The van der Waals surface area contributed by atoms with Crippen LogP contribution in [-0.4, -0.2) is 29.8 Å². The van der Waals surface area contributed by atoms with Crippen LogP contribution in [0, 0.1) is 0 Å². The Balaban J connectivity index is 1.92. The van der Waals surface area contributed by atoms with E-state index < -0.39 is 11.4 Å². The SMILES string of the molecule is CCCCN1C(=O)c2oc3ccccc3c(=O)c2[C@@]12C(=O)N(CC)c1ccccc12. The van der Waals surface area contributed by atoms with Crippen LogP contribution in [0.15, 0.2) is 57.7 Å². The summed E-state index contributed by atoms with van der Waals surface area (Å²) in [4.78, 5) is 44.4. The van der Waals surface area contributed by atoms with Crippen LogP contribution in [-0.2, 0) is 10.3 Å². The first-order valence-corrected chi connectivity index (χ1v) is 10.4. The zero-order valence-electron chi connectivity index (χ0n) is 17.0. The second kappa shape index (κ2) is 6.55. The molecule has 2 aromatic carbocycles. The highest BCUT2D eigenvalue weighted by molar-refractivity contribution is 6.17. The molecule has 6 nitrogen and oxygen atoms in total. The molecule has 6 heteroatoms. The summed E-state index contributed by atoms with van der Waals surface area (Å²) in [6, 6.07) is 14.3. The van der Waals surface area contributed by atoms with Crippen molar-refractivity contribution in [2.24, 2.45) is 0 Å². The van der Waals surface area contributed by atoms with Crippen LogP contribution in [0.3, 0.4) is 0 Å². The minimum atomic E-state index is -1.47. The Morgan fingerprint density at radius 1 is 0.967 bits per heavy atom. The summed E-state index contributed by atoms with van der Waals surface area (Å²) in [5.74, 6) is -0.685. The number of nitrogens with zero attached hydrogens (tertiary/aromatic N) is 2. The fraction of sp³-hybridized carbons (Fsp3) is 0.292. The van der Waals surface area contributed by atoms with E-state index in [0.717, 1.165) is 18.5 Å². The van der Waals surface area contributed by atoms with Gasteiger partial charge in [0.05, 0.1) is 16.6 Å². The number of amides is 2. The number of anilines is 1. The molecule has 3 aromatic rings. The largest absolute Gasteiger partial charge is 0.450 e. The molecule has 30 heavy (non-hydrogen) atoms. The summed E-state index contributed by atoms with van der Waals surface area (Å²) in [5, 5.41) is 0.376. The van der Waals surface area contributed by atoms with Crippen molar-refractivity contribution < 1.29 is 14.0 Å². The van der Waals surface area contributed by atoms with Gasteiger partial charge in [-0.3, -0.25) is 14.4 Å². The van der Waals surface area contributed by atoms with Gasteiger partial charge in [-0.1, -0.05) is 43.7 Å². The molecule has 0 N–H and O–H groups in total. The predicted molar refractivity (Wildman–Crippen MR) is 114 cm³/mol. The van der Waals surface area contributed by atoms with Crippen LogP contribution in [0.25, 0.3) is 11.0 Å². The monoisotopic (exact) mass is 402 g/mol. The molecule has 1 spiro atoms. The van der Waals surface area contributed by atoms with E-state index in [2.05, 4.69) is 0 Å². The van der Waals surface area contributed by atoms with Crippen molar-refractivity contribution in [3.05, 3.63) is 75.6 Å². The van der Waals surface area contributed by atoms with E-state index in [-0.39, 0.29) is 22.7 Å². The fourth-order valence-corrected chi connectivity index (χ4v) is 4.87. The minimum absolute atomic E-state index is 0.0177. The molecule has 0 saturated heterocycles. The van der Waals surface area contributed by atoms with Crippen molar-refractivity contribution in [2.75, 3.05) is 18.0 Å². The first-order chi connectivity index (χ1) is 14.6. The van der Waals surface area contributed by atoms with Crippen molar-refractivity contribution in [3.8, 4) is 0 Å². The summed E-state index contributed by atoms with van der Waals surface area (Å²) in [7, 11) is 0. The second-order valence-corrected chi connectivity index (χ2v) is 7.72. The zero-order chi connectivity index (χ0) is 21.0. The number of carbonyl (C=O) groups is 2. The third-order valence-corrected chi connectivity index (χ3v) is 6.19.